The molecule has 0 heterocycles. The van der Waals surface area contributed by atoms with E-state index in [4.69, 9.17) is 9.47 Å². The maximum Gasteiger partial charge on any atom is 0.336 e. The molecule has 0 saturated heterocycles. The number of hydrogen-bond acceptors (Lipinski definition) is 6. The summed E-state index contributed by atoms with van der Waals surface area (Å²) in [6.07, 6.45) is 5.64. The van der Waals surface area contributed by atoms with Crippen LogP contribution in [-0.4, -0.2) is 42.1 Å². The number of ketones is 1. The van der Waals surface area contributed by atoms with Crippen LogP contribution in [0, 0.1) is 5.92 Å². The molecule has 1 N–H and O–H groups in total. The Balaban J connectivity index is 4.33. The zero-order chi connectivity index (χ0) is 18.4. The Morgan fingerprint density at radius 1 is 0.792 bits per heavy atom. The second-order valence-electron chi connectivity index (χ2n) is 5.99. The number of Topliss-reactive ketones (excluding diaryl/α,β-unsaturated/α-hetero) is 1. The van der Waals surface area contributed by atoms with Crippen LogP contribution in [0.25, 0.3) is 0 Å². The monoisotopic (exact) mass is 344 g/mol. The first-order valence-corrected chi connectivity index (χ1v) is 8.97. The maximum atomic E-state index is 12.0. The molecule has 0 spiro atoms. The SMILES string of the molecule is CCCCCCOC(=O)C(C(C)=O)[C@@H](O)C(=O)OCCCCCC. The van der Waals surface area contributed by atoms with Gasteiger partial charge in [0, 0.05) is 0 Å². The minimum Gasteiger partial charge on any atom is -0.465 e. The van der Waals surface area contributed by atoms with Crippen LogP contribution < -0.4 is 0 Å². The third-order valence-electron chi connectivity index (χ3n) is 3.73. The van der Waals surface area contributed by atoms with Crippen molar-refractivity contribution in [2.45, 2.75) is 78.2 Å². The summed E-state index contributed by atoms with van der Waals surface area (Å²) in [5.41, 5.74) is 0. The second kappa shape index (κ2) is 14.0. The molecule has 6 nitrogen and oxygen atoms in total. The minimum absolute atomic E-state index is 0.173. The van der Waals surface area contributed by atoms with Crippen LogP contribution in [0.2, 0.25) is 0 Å². The van der Waals surface area contributed by atoms with E-state index in [1.807, 2.05) is 0 Å². The van der Waals surface area contributed by atoms with E-state index in [2.05, 4.69) is 13.8 Å². The van der Waals surface area contributed by atoms with E-state index in [9.17, 15) is 19.5 Å². The molecule has 2 atom stereocenters. The smallest absolute Gasteiger partial charge is 0.336 e. The van der Waals surface area contributed by atoms with E-state index in [0.717, 1.165) is 45.4 Å². The molecule has 1 unspecified atom stereocenters. The van der Waals surface area contributed by atoms with Gasteiger partial charge in [-0.25, -0.2) is 4.79 Å². The summed E-state index contributed by atoms with van der Waals surface area (Å²) in [4.78, 5) is 35.4. The van der Waals surface area contributed by atoms with Gasteiger partial charge >= 0.3 is 11.9 Å². The lowest BCUT2D eigenvalue weighted by molar-refractivity contribution is -0.169. The van der Waals surface area contributed by atoms with Gasteiger partial charge in [0.05, 0.1) is 13.2 Å². The number of hydrogen-bond donors (Lipinski definition) is 1. The fraction of sp³-hybridized carbons (Fsp3) is 0.833. The molecule has 24 heavy (non-hydrogen) atoms. The van der Waals surface area contributed by atoms with Gasteiger partial charge in [-0.05, 0) is 19.8 Å². The fourth-order valence-electron chi connectivity index (χ4n) is 2.23. The fourth-order valence-corrected chi connectivity index (χ4v) is 2.23. The zero-order valence-corrected chi connectivity index (χ0v) is 15.2. The van der Waals surface area contributed by atoms with Gasteiger partial charge < -0.3 is 14.6 Å². The first-order chi connectivity index (χ1) is 11.5. The van der Waals surface area contributed by atoms with Crippen molar-refractivity contribution in [3.63, 3.8) is 0 Å². The summed E-state index contributed by atoms with van der Waals surface area (Å²) >= 11 is 0. The lowest BCUT2D eigenvalue weighted by Gasteiger charge is -2.18. The van der Waals surface area contributed by atoms with Crippen molar-refractivity contribution >= 4 is 17.7 Å². The second-order valence-corrected chi connectivity index (χ2v) is 5.99. The van der Waals surface area contributed by atoms with Crippen molar-refractivity contribution < 1.29 is 29.0 Å². The van der Waals surface area contributed by atoms with Gasteiger partial charge in [-0.2, -0.15) is 0 Å². The lowest BCUT2D eigenvalue weighted by Crippen LogP contribution is -2.41. The summed E-state index contributed by atoms with van der Waals surface area (Å²) in [6.45, 7) is 5.65. The third kappa shape index (κ3) is 9.65. The average Bonchev–Trinajstić information content (AvgIpc) is 2.54. The number of esters is 2. The Labute approximate surface area is 144 Å². The Bertz CT molecular complexity index is 380. The number of unbranched alkanes of at least 4 members (excludes halogenated alkanes) is 6. The molecule has 6 heteroatoms. The van der Waals surface area contributed by atoms with Crippen molar-refractivity contribution in [3.8, 4) is 0 Å². The van der Waals surface area contributed by atoms with E-state index < -0.39 is 29.7 Å². The van der Waals surface area contributed by atoms with Crippen LogP contribution in [0.3, 0.4) is 0 Å². The first kappa shape index (κ1) is 22.6. The largest absolute Gasteiger partial charge is 0.465 e. The molecule has 0 fully saturated rings. The molecule has 0 aromatic rings. The average molecular weight is 344 g/mol. The summed E-state index contributed by atoms with van der Waals surface area (Å²) < 4.78 is 9.95. The van der Waals surface area contributed by atoms with Crippen molar-refractivity contribution in [2.75, 3.05) is 13.2 Å². The molecule has 0 rings (SSSR count). The van der Waals surface area contributed by atoms with E-state index in [0.29, 0.717) is 12.8 Å². The van der Waals surface area contributed by atoms with Crippen LogP contribution in [-0.2, 0) is 23.9 Å². The summed E-state index contributed by atoms with van der Waals surface area (Å²) in [5.74, 6) is -3.94. The van der Waals surface area contributed by atoms with Gasteiger partial charge in [-0.15, -0.1) is 0 Å². The van der Waals surface area contributed by atoms with Crippen molar-refractivity contribution in [1.82, 2.24) is 0 Å². The predicted molar refractivity (Wildman–Crippen MR) is 90.4 cm³/mol. The number of carbonyl (C=O) groups excluding carboxylic acids is 3. The maximum absolute atomic E-state index is 12.0. The molecule has 0 bridgehead atoms. The Kier molecular flexibility index (Phi) is 13.1. The van der Waals surface area contributed by atoms with E-state index in [1.165, 1.54) is 0 Å². The molecule has 0 aliphatic heterocycles. The van der Waals surface area contributed by atoms with Crippen LogP contribution in [0.15, 0.2) is 0 Å². The Morgan fingerprint density at radius 3 is 1.67 bits per heavy atom. The zero-order valence-electron chi connectivity index (χ0n) is 15.2. The van der Waals surface area contributed by atoms with Gasteiger partial charge in [0.2, 0.25) is 0 Å². The Morgan fingerprint density at radius 2 is 1.25 bits per heavy atom. The normalized spacial score (nSPS) is 13.2. The highest BCUT2D eigenvalue weighted by molar-refractivity contribution is 6.02. The van der Waals surface area contributed by atoms with Crippen LogP contribution in [0.1, 0.15) is 72.1 Å². The highest BCUT2D eigenvalue weighted by atomic mass is 16.6. The van der Waals surface area contributed by atoms with Gasteiger partial charge in [0.25, 0.3) is 0 Å². The number of rotatable bonds is 14. The standard InChI is InChI=1S/C18H32O6/c1-4-6-8-10-12-23-17(21)15(14(3)19)16(20)18(22)24-13-11-9-7-5-2/h15-16,20H,4-13H2,1-3H3/t15?,16-/m1/s1. The van der Waals surface area contributed by atoms with E-state index in [1.54, 1.807) is 0 Å². The highest BCUT2D eigenvalue weighted by Crippen LogP contribution is 2.12. The van der Waals surface area contributed by atoms with Crippen molar-refractivity contribution in [2.24, 2.45) is 5.92 Å². The van der Waals surface area contributed by atoms with Crippen molar-refractivity contribution in [1.29, 1.82) is 0 Å². The molecule has 140 valence electrons. The third-order valence-corrected chi connectivity index (χ3v) is 3.73. The number of carbonyl (C=O) groups is 3. The quantitative estimate of drug-likeness (QED) is 0.296. The molecular weight excluding hydrogens is 312 g/mol. The molecule has 0 radical (unpaired) electrons. The molecule has 0 aliphatic rings. The topological polar surface area (TPSA) is 89.9 Å². The van der Waals surface area contributed by atoms with Crippen LogP contribution in [0.4, 0.5) is 0 Å². The van der Waals surface area contributed by atoms with Crippen molar-refractivity contribution in [3.05, 3.63) is 0 Å². The summed E-state index contributed by atoms with van der Waals surface area (Å²) in [5, 5.41) is 9.97. The van der Waals surface area contributed by atoms with Crippen LogP contribution >= 0.6 is 0 Å². The molecule has 0 aliphatic carbocycles. The van der Waals surface area contributed by atoms with E-state index >= 15 is 0 Å². The molecule has 0 aromatic heterocycles. The summed E-state index contributed by atoms with van der Waals surface area (Å²) in [7, 11) is 0. The molecule has 0 saturated carbocycles. The number of ether oxygens (including phenoxy) is 2. The highest BCUT2D eigenvalue weighted by Gasteiger charge is 2.38. The van der Waals surface area contributed by atoms with Gasteiger partial charge in [-0.1, -0.05) is 52.4 Å². The van der Waals surface area contributed by atoms with Gasteiger partial charge in [0.1, 0.15) is 5.78 Å². The first-order valence-electron chi connectivity index (χ1n) is 8.97. The van der Waals surface area contributed by atoms with Crippen LogP contribution in [0.5, 0.6) is 0 Å². The summed E-state index contributed by atoms with van der Waals surface area (Å²) in [6, 6.07) is 0. The Hall–Kier alpha value is -1.43. The van der Waals surface area contributed by atoms with Gasteiger partial charge in [-0.3, -0.25) is 9.59 Å². The number of aliphatic hydroxyl groups excluding tert-OH is 1. The minimum atomic E-state index is -1.81. The number of aliphatic hydroxyl groups is 1. The molecular formula is C18H32O6. The van der Waals surface area contributed by atoms with Gasteiger partial charge in [0.15, 0.2) is 12.0 Å². The lowest BCUT2D eigenvalue weighted by atomic mass is 9.98. The van der Waals surface area contributed by atoms with E-state index in [-0.39, 0.29) is 13.2 Å². The molecule has 0 aromatic carbocycles. The molecule has 0 amide bonds. The predicted octanol–water partition coefficient (Wildman–Crippen LogP) is 2.80.